The summed E-state index contributed by atoms with van der Waals surface area (Å²) in [6.45, 7) is 9.59. The maximum absolute atomic E-state index is 11.3. The van der Waals surface area contributed by atoms with Crippen LogP contribution in [0.2, 0.25) is 0 Å². The van der Waals surface area contributed by atoms with E-state index in [4.69, 9.17) is 14.2 Å². The summed E-state index contributed by atoms with van der Waals surface area (Å²) in [5, 5.41) is 0. The third kappa shape index (κ3) is 12.0. The third-order valence-electron chi connectivity index (χ3n) is 2.45. The minimum atomic E-state index is 0.259. The van der Waals surface area contributed by atoms with Crippen molar-refractivity contribution in [1.82, 2.24) is 0 Å². The van der Waals surface area contributed by atoms with Crippen LogP contribution in [0, 0.1) is 5.92 Å². The molecule has 0 fully saturated rings. The highest BCUT2D eigenvalue weighted by molar-refractivity contribution is 5.90. The Labute approximate surface area is 111 Å². The molecule has 0 unspecified atom stereocenters. The minimum Gasteiger partial charge on any atom is -0.379 e. The van der Waals surface area contributed by atoms with Crippen molar-refractivity contribution in [2.24, 2.45) is 0 Å². The molecule has 18 heavy (non-hydrogen) atoms. The lowest BCUT2D eigenvalue weighted by Gasteiger charge is -2.06. The Hall–Kier alpha value is -0.450. The molecular formula is C14H27O4. The van der Waals surface area contributed by atoms with Gasteiger partial charge < -0.3 is 14.2 Å². The predicted molar refractivity (Wildman–Crippen MR) is 71.6 cm³/mol. The van der Waals surface area contributed by atoms with Crippen LogP contribution in [0.1, 0.15) is 40.0 Å². The number of unbranched alkanes of at least 4 members (excludes halogenated alkanes) is 1. The topological polar surface area (TPSA) is 44.8 Å². The average molecular weight is 259 g/mol. The van der Waals surface area contributed by atoms with Gasteiger partial charge in [-0.1, -0.05) is 13.8 Å². The van der Waals surface area contributed by atoms with Gasteiger partial charge in [0.15, 0.2) is 0 Å². The Morgan fingerprint density at radius 2 is 1.39 bits per heavy atom. The number of rotatable bonds is 13. The van der Waals surface area contributed by atoms with Crippen molar-refractivity contribution in [3.8, 4) is 0 Å². The highest BCUT2D eigenvalue weighted by Crippen LogP contribution is 2.05. The molecule has 4 nitrogen and oxygen atoms in total. The maximum Gasteiger partial charge on any atom is 0.139 e. The fourth-order valence-corrected chi connectivity index (χ4v) is 1.32. The van der Waals surface area contributed by atoms with E-state index in [-0.39, 0.29) is 5.78 Å². The van der Waals surface area contributed by atoms with E-state index in [0.717, 1.165) is 25.4 Å². The molecule has 0 aliphatic rings. The standard InChI is InChI=1S/C14H27O4/c1-4-16-9-10-18-12-11-17-8-6-5-7-14(15)13(2)3/h4-12H2,1-3H3. The lowest BCUT2D eigenvalue weighted by molar-refractivity contribution is -0.117. The Balaban J connectivity index is 3.05. The summed E-state index contributed by atoms with van der Waals surface area (Å²) >= 11 is 0. The maximum atomic E-state index is 11.3. The fourth-order valence-electron chi connectivity index (χ4n) is 1.32. The van der Waals surface area contributed by atoms with Crippen LogP contribution in [-0.2, 0) is 19.0 Å². The average Bonchev–Trinajstić information content (AvgIpc) is 2.35. The Morgan fingerprint density at radius 1 is 0.833 bits per heavy atom. The molecule has 0 saturated heterocycles. The molecule has 0 rings (SSSR count). The molecule has 0 saturated carbocycles. The summed E-state index contributed by atoms with van der Waals surface area (Å²) in [7, 11) is 0. The monoisotopic (exact) mass is 259 g/mol. The number of hydrogen-bond acceptors (Lipinski definition) is 4. The minimum absolute atomic E-state index is 0.259. The number of carbonyl (C=O) groups is 1. The van der Waals surface area contributed by atoms with Crippen molar-refractivity contribution in [2.45, 2.75) is 40.0 Å². The quantitative estimate of drug-likeness (QED) is 0.476. The Morgan fingerprint density at radius 3 is 1.94 bits per heavy atom. The molecule has 0 N–H and O–H groups in total. The van der Waals surface area contributed by atoms with Crippen LogP contribution in [0.25, 0.3) is 0 Å². The first-order chi connectivity index (χ1) is 8.68. The van der Waals surface area contributed by atoms with Gasteiger partial charge in [0.1, 0.15) is 5.78 Å². The lowest BCUT2D eigenvalue weighted by Crippen LogP contribution is -2.10. The second-order valence-electron chi connectivity index (χ2n) is 4.30. The molecule has 0 amide bonds. The van der Waals surface area contributed by atoms with Crippen LogP contribution in [0.3, 0.4) is 0 Å². The molecule has 0 aliphatic carbocycles. The molecule has 4 heteroatoms. The highest BCUT2D eigenvalue weighted by atomic mass is 16.5. The summed E-state index contributed by atoms with van der Waals surface area (Å²) in [6.07, 6.45) is 2.46. The van der Waals surface area contributed by atoms with Crippen LogP contribution in [0.15, 0.2) is 0 Å². The van der Waals surface area contributed by atoms with Crippen molar-refractivity contribution < 1.29 is 19.0 Å². The molecule has 0 spiro atoms. The number of Topliss-reactive ketones (excluding diaryl/α,β-unsaturated/α-hetero) is 1. The third-order valence-corrected chi connectivity index (χ3v) is 2.45. The van der Waals surface area contributed by atoms with E-state index in [9.17, 15) is 4.79 Å². The molecule has 1 radical (unpaired) electrons. The molecule has 0 aromatic rings. The van der Waals surface area contributed by atoms with Gasteiger partial charge in [-0.15, -0.1) is 0 Å². The van der Waals surface area contributed by atoms with Crippen molar-refractivity contribution >= 4 is 5.78 Å². The van der Waals surface area contributed by atoms with Gasteiger partial charge in [-0.05, 0) is 19.8 Å². The van der Waals surface area contributed by atoms with Gasteiger partial charge in [0.05, 0.1) is 26.4 Å². The largest absolute Gasteiger partial charge is 0.379 e. The van der Waals surface area contributed by atoms with E-state index in [2.05, 4.69) is 0 Å². The van der Waals surface area contributed by atoms with Gasteiger partial charge >= 0.3 is 0 Å². The van der Waals surface area contributed by atoms with Crippen LogP contribution in [0.5, 0.6) is 0 Å². The van der Waals surface area contributed by atoms with Gasteiger partial charge in [-0.2, -0.15) is 0 Å². The first kappa shape index (κ1) is 17.6. The zero-order valence-corrected chi connectivity index (χ0v) is 12.0. The highest BCUT2D eigenvalue weighted by Gasteiger charge is 2.06. The zero-order chi connectivity index (χ0) is 13.6. The van der Waals surface area contributed by atoms with E-state index >= 15 is 0 Å². The van der Waals surface area contributed by atoms with E-state index in [0.29, 0.717) is 39.5 Å². The summed E-state index contributed by atoms with van der Waals surface area (Å²) in [6, 6.07) is 0. The van der Waals surface area contributed by atoms with Crippen LogP contribution in [0.4, 0.5) is 0 Å². The predicted octanol–water partition coefficient (Wildman–Crippen LogP) is 2.41. The summed E-state index contributed by atoms with van der Waals surface area (Å²) in [5.74, 6) is 1.15. The first-order valence-corrected chi connectivity index (χ1v) is 6.75. The number of ketones is 1. The van der Waals surface area contributed by atoms with Crippen LogP contribution < -0.4 is 0 Å². The van der Waals surface area contributed by atoms with Crippen molar-refractivity contribution in [3.63, 3.8) is 0 Å². The van der Waals surface area contributed by atoms with Gasteiger partial charge in [0.2, 0.25) is 0 Å². The van der Waals surface area contributed by atoms with Gasteiger partial charge in [0.25, 0.3) is 0 Å². The summed E-state index contributed by atoms with van der Waals surface area (Å²) in [5.41, 5.74) is 0. The van der Waals surface area contributed by atoms with E-state index in [1.54, 1.807) is 0 Å². The fraction of sp³-hybridized carbons (Fsp3) is 0.857. The molecule has 0 aliphatic heterocycles. The summed E-state index contributed by atoms with van der Waals surface area (Å²) < 4.78 is 15.8. The van der Waals surface area contributed by atoms with Crippen LogP contribution in [-0.4, -0.2) is 45.4 Å². The smallest absolute Gasteiger partial charge is 0.139 e. The van der Waals surface area contributed by atoms with Gasteiger partial charge in [-0.25, -0.2) is 0 Å². The van der Waals surface area contributed by atoms with Gasteiger partial charge in [0, 0.05) is 25.6 Å². The van der Waals surface area contributed by atoms with Crippen molar-refractivity contribution in [3.05, 3.63) is 5.92 Å². The zero-order valence-electron chi connectivity index (χ0n) is 12.0. The van der Waals surface area contributed by atoms with E-state index in [1.165, 1.54) is 0 Å². The number of ether oxygens (including phenoxy) is 3. The Bertz CT molecular complexity index is 192. The molecule has 0 atom stereocenters. The normalized spacial score (nSPS) is 11.1. The molecule has 107 valence electrons. The second kappa shape index (κ2) is 13.0. The van der Waals surface area contributed by atoms with E-state index < -0.39 is 0 Å². The first-order valence-electron chi connectivity index (χ1n) is 6.75. The molecule has 0 aromatic carbocycles. The number of carbonyl (C=O) groups excluding carboxylic acids is 1. The summed E-state index contributed by atoms with van der Waals surface area (Å²) in [4.78, 5) is 11.3. The lowest BCUT2D eigenvalue weighted by atomic mass is 10.0. The van der Waals surface area contributed by atoms with E-state index in [1.807, 2.05) is 20.8 Å². The second-order valence-corrected chi connectivity index (χ2v) is 4.30. The van der Waals surface area contributed by atoms with Crippen molar-refractivity contribution in [1.29, 1.82) is 0 Å². The Kier molecular flexibility index (Phi) is 12.7. The van der Waals surface area contributed by atoms with Gasteiger partial charge in [-0.3, -0.25) is 4.79 Å². The molecule has 0 aromatic heterocycles. The molecule has 0 bridgehead atoms. The van der Waals surface area contributed by atoms with Crippen LogP contribution >= 0.6 is 0 Å². The van der Waals surface area contributed by atoms with Crippen molar-refractivity contribution in [2.75, 3.05) is 39.6 Å². The SMILES string of the molecule is CCOCCOCCOCCCCC(=O)[C](C)C. The molecular weight excluding hydrogens is 232 g/mol. The number of hydrogen-bond donors (Lipinski definition) is 0. The molecule has 0 heterocycles.